The van der Waals surface area contributed by atoms with Crippen molar-refractivity contribution in [2.75, 3.05) is 0 Å². The molecule has 14 heavy (non-hydrogen) atoms. The Labute approximate surface area is 90.8 Å². The molecule has 0 amide bonds. The molecule has 0 saturated carbocycles. The maximum atomic E-state index is 11.2. The van der Waals surface area contributed by atoms with E-state index in [1.54, 1.807) is 26.1 Å². The molecule has 0 aliphatic rings. The van der Waals surface area contributed by atoms with Gasteiger partial charge in [-0.1, -0.05) is 0 Å². The highest BCUT2D eigenvalue weighted by molar-refractivity contribution is 9.10. The van der Waals surface area contributed by atoms with Crippen LogP contribution in [0.25, 0.3) is 0 Å². The SMILES string of the molecule is CC(C)OC(=O)Cc1nccc(Br)n1. The van der Waals surface area contributed by atoms with Crippen LogP contribution in [0.4, 0.5) is 0 Å². The van der Waals surface area contributed by atoms with Gasteiger partial charge in [0.25, 0.3) is 0 Å². The molecule has 0 radical (unpaired) electrons. The molecule has 0 aromatic carbocycles. The van der Waals surface area contributed by atoms with Crippen molar-refractivity contribution in [3.05, 3.63) is 22.7 Å². The topological polar surface area (TPSA) is 52.1 Å². The predicted molar refractivity (Wildman–Crippen MR) is 54.7 cm³/mol. The number of hydrogen-bond donors (Lipinski definition) is 0. The fraction of sp³-hybridized carbons (Fsp3) is 0.444. The number of aromatic nitrogens is 2. The van der Waals surface area contributed by atoms with E-state index in [0.717, 1.165) is 0 Å². The molecular formula is C9H11BrN2O2. The van der Waals surface area contributed by atoms with Gasteiger partial charge in [0.2, 0.25) is 0 Å². The second-order valence-corrected chi connectivity index (χ2v) is 3.82. The Morgan fingerprint density at radius 3 is 2.93 bits per heavy atom. The fourth-order valence-electron chi connectivity index (χ4n) is 0.893. The zero-order valence-electron chi connectivity index (χ0n) is 8.03. The number of carbonyl (C=O) groups is 1. The van der Waals surface area contributed by atoms with Crippen molar-refractivity contribution in [2.45, 2.75) is 26.4 Å². The van der Waals surface area contributed by atoms with Gasteiger partial charge < -0.3 is 4.74 Å². The average Bonchev–Trinajstić information content (AvgIpc) is 2.01. The van der Waals surface area contributed by atoms with Crippen LogP contribution in [-0.2, 0) is 16.0 Å². The molecule has 0 bridgehead atoms. The van der Waals surface area contributed by atoms with Crippen molar-refractivity contribution < 1.29 is 9.53 Å². The van der Waals surface area contributed by atoms with E-state index in [1.807, 2.05) is 0 Å². The van der Waals surface area contributed by atoms with Crippen LogP contribution in [0.1, 0.15) is 19.7 Å². The van der Waals surface area contributed by atoms with Gasteiger partial charge in [0.1, 0.15) is 16.8 Å². The molecule has 0 spiro atoms. The summed E-state index contributed by atoms with van der Waals surface area (Å²) in [4.78, 5) is 19.2. The third-order valence-corrected chi connectivity index (χ3v) is 1.78. The first-order chi connectivity index (χ1) is 6.58. The van der Waals surface area contributed by atoms with Gasteiger partial charge in [0, 0.05) is 6.20 Å². The van der Waals surface area contributed by atoms with Crippen LogP contribution in [0.2, 0.25) is 0 Å². The van der Waals surface area contributed by atoms with E-state index in [1.165, 1.54) is 0 Å². The Morgan fingerprint density at radius 2 is 2.36 bits per heavy atom. The average molecular weight is 259 g/mol. The summed E-state index contributed by atoms with van der Waals surface area (Å²) in [6.45, 7) is 3.61. The van der Waals surface area contributed by atoms with Gasteiger partial charge in [-0.05, 0) is 35.8 Å². The van der Waals surface area contributed by atoms with E-state index in [0.29, 0.717) is 10.4 Å². The molecule has 0 unspecified atom stereocenters. The van der Waals surface area contributed by atoms with E-state index in [4.69, 9.17) is 4.74 Å². The van der Waals surface area contributed by atoms with Crippen molar-refractivity contribution in [3.63, 3.8) is 0 Å². The monoisotopic (exact) mass is 258 g/mol. The Hall–Kier alpha value is -0.970. The highest BCUT2D eigenvalue weighted by Crippen LogP contribution is 2.04. The Bertz CT molecular complexity index is 328. The normalized spacial score (nSPS) is 10.3. The van der Waals surface area contributed by atoms with Crippen LogP contribution in [0, 0.1) is 0 Å². The highest BCUT2D eigenvalue weighted by atomic mass is 79.9. The van der Waals surface area contributed by atoms with E-state index >= 15 is 0 Å². The minimum absolute atomic E-state index is 0.102. The number of hydrogen-bond acceptors (Lipinski definition) is 4. The lowest BCUT2D eigenvalue weighted by atomic mass is 10.4. The second kappa shape index (κ2) is 5.05. The second-order valence-electron chi connectivity index (χ2n) is 3.01. The first kappa shape index (κ1) is 11.1. The predicted octanol–water partition coefficient (Wildman–Crippen LogP) is 1.73. The summed E-state index contributed by atoms with van der Waals surface area (Å²) in [7, 11) is 0. The van der Waals surface area contributed by atoms with E-state index in [-0.39, 0.29) is 18.5 Å². The molecule has 1 heterocycles. The van der Waals surface area contributed by atoms with Crippen LogP contribution >= 0.6 is 15.9 Å². The first-order valence-electron chi connectivity index (χ1n) is 4.25. The van der Waals surface area contributed by atoms with Gasteiger partial charge >= 0.3 is 5.97 Å². The molecular weight excluding hydrogens is 248 g/mol. The minimum atomic E-state index is -0.307. The van der Waals surface area contributed by atoms with Gasteiger partial charge in [-0.25, -0.2) is 9.97 Å². The van der Waals surface area contributed by atoms with E-state index in [2.05, 4.69) is 25.9 Å². The highest BCUT2D eigenvalue weighted by Gasteiger charge is 2.08. The molecule has 0 aliphatic carbocycles. The van der Waals surface area contributed by atoms with Gasteiger partial charge in [0.05, 0.1) is 6.10 Å². The van der Waals surface area contributed by atoms with Crippen LogP contribution in [0.5, 0.6) is 0 Å². The van der Waals surface area contributed by atoms with Gasteiger partial charge in [-0.3, -0.25) is 4.79 Å². The lowest BCUT2D eigenvalue weighted by Gasteiger charge is -2.06. The van der Waals surface area contributed by atoms with Gasteiger partial charge in [0.15, 0.2) is 0 Å². The standard InChI is InChI=1S/C9H11BrN2O2/c1-6(2)14-9(13)5-8-11-4-3-7(10)12-8/h3-4,6H,5H2,1-2H3. The molecule has 1 aromatic heterocycles. The summed E-state index contributed by atoms with van der Waals surface area (Å²) >= 11 is 3.20. The third kappa shape index (κ3) is 3.83. The van der Waals surface area contributed by atoms with Crippen molar-refractivity contribution in [1.29, 1.82) is 0 Å². The molecule has 5 heteroatoms. The Morgan fingerprint density at radius 1 is 1.64 bits per heavy atom. The van der Waals surface area contributed by atoms with Crippen LogP contribution < -0.4 is 0 Å². The number of rotatable bonds is 3. The minimum Gasteiger partial charge on any atom is -0.463 e. The summed E-state index contributed by atoms with van der Waals surface area (Å²) in [5.74, 6) is 0.156. The fourth-order valence-corrected chi connectivity index (χ4v) is 1.22. The third-order valence-electron chi connectivity index (χ3n) is 1.34. The van der Waals surface area contributed by atoms with Crippen molar-refractivity contribution in [1.82, 2.24) is 9.97 Å². The number of esters is 1. The van der Waals surface area contributed by atoms with E-state index < -0.39 is 0 Å². The zero-order valence-corrected chi connectivity index (χ0v) is 9.61. The molecule has 0 aliphatic heterocycles. The molecule has 0 saturated heterocycles. The summed E-state index contributed by atoms with van der Waals surface area (Å²) in [6.07, 6.45) is 1.60. The van der Waals surface area contributed by atoms with E-state index in [9.17, 15) is 4.79 Å². The van der Waals surface area contributed by atoms with Crippen molar-refractivity contribution in [2.24, 2.45) is 0 Å². The maximum absolute atomic E-state index is 11.2. The maximum Gasteiger partial charge on any atom is 0.313 e. The van der Waals surface area contributed by atoms with Gasteiger partial charge in [-0.15, -0.1) is 0 Å². The van der Waals surface area contributed by atoms with Crippen LogP contribution in [0.15, 0.2) is 16.9 Å². The number of halogens is 1. The zero-order chi connectivity index (χ0) is 10.6. The molecule has 0 fully saturated rings. The summed E-state index contributed by atoms with van der Waals surface area (Å²) in [6, 6.07) is 1.71. The number of carbonyl (C=O) groups excluding carboxylic acids is 1. The molecule has 0 atom stereocenters. The van der Waals surface area contributed by atoms with Crippen LogP contribution in [0.3, 0.4) is 0 Å². The number of nitrogens with zero attached hydrogens (tertiary/aromatic N) is 2. The lowest BCUT2D eigenvalue weighted by Crippen LogP contribution is -2.15. The summed E-state index contributed by atoms with van der Waals surface area (Å²) in [5.41, 5.74) is 0. The van der Waals surface area contributed by atoms with Gasteiger partial charge in [-0.2, -0.15) is 0 Å². The Kier molecular flexibility index (Phi) is 4.00. The van der Waals surface area contributed by atoms with Crippen molar-refractivity contribution in [3.8, 4) is 0 Å². The molecule has 1 aromatic rings. The smallest absolute Gasteiger partial charge is 0.313 e. The largest absolute Gasteiger partial charge is 0.463 e. The summed E-state index contributed by atoms with van der Waals surface area (Å²) < 4.78 is 5.63. The van der Waals surface area contributed by atoms with Crippen molar-refractivity contribution >= 4 is 21.9 Å². The first-order valence-corrected chi connectivity index (χ1v) is 5.04. The number of ether oxygens (including phenoxy) is 1. The lowest BCUT2D eigenvalue weighted by molar-refractivity contribution is -0.146. The molecule has 4 nitrogen and oxygen atoms in total. The Balaban J connectivity index is 2.56. The summed E-state index contributed by atoms with van der Waals surface area (Å²) in [5, 5.41) is 0. The van der Waals surface area contributed by atoms with Crippen LogP contribution in [-0.4, -0.2) is 22.0 Å². The molecule has 1 rings (SSSR count). The molecule has 76 valence electrons. The quantitative estimate of drug-likeness (QED) is 0.612. The molecule has 0 N–H and O–H groups in total.